The van der Waals surface area contributed by atoms with E-state index in [1.165, 1.54) is 7.11 Å². The van der Waals surface area contributed by atoms with Crippen molar-refractivity contribution in [3.05, 3.63) is 0 Å². The van der Waals surface area contributed by atoms with Crippen molar-refractivity contribution in [3.63, 3.8) is 0 Å². The summed E-state index contributed by atoms with van der Waals surface area (Å²) in [4.78, 5) is 24.8. The van der Waals surface area contributed by atoms with Crippen LogP contribution in [0.15, 0.2) is 0 Å². The van der Waals surface area contributed by atoms with Crippen LogP contribution in [-0.2, 0) is 14.3 Å². The normalized spacial score (nSPS) is 24.2. The number of hydrogen-bond acceptors (Lipinski definition) is 4. The number of ether oxygens (including phenoxy) is 1. The molecule has 0 aliphatic carbocycles. The summed E-state index contributed by atoms with van der Waals surface area (Å²) in [5.41, 5.74) is 0. The van der Waals surface area contributed by atoms with Gasteiger partial charge in [0.1, 0.15) is 0 Å². The van der Waals surface area contributed by atoms with Gasteiger partial charge in [0.05, 0.1) is 13.0 Å². The molecule has 0 aromatic heterocycles. The highest BCUT2D eigenvalue weighted by Crippen LogP contribution is 2.18. The lowest BCUT2D eigenvalue weighted by Gasteiger charge is -2.36. The van der Waals surface area contributed by atoms with Gasteiger partial charge in [-0.2, -0.15) is 0 Å². The molecule has 5 heteroatoms. The topological polar surface area (TPSA) is 58.6 Å². The van der Waals surface area contributed by atoms with E-state index >= 15 is 0 Å². The molecule has 18 heavy (non-hydrogen) atoms. The molecule has 1 aliphatic rings. The Morgan fingerprint density at radius 1 is 1.39 bits per heavy atom. The summed E-state index contributed by atoms with van der Waals surface area (Å²) in [6, 6.07) is 0.175. The summed E-state index contributed by atoms with van der Waals surface area (Å²) in [5, 5.41) is 3.41. The minimum absolute atomic E-state index is 0.0138. The Morgan fingerprint density at radius 3 is 2.56 bits per heavy atom. The maximum atomic E-state index is 11.6. The van der Waals surface area contributed by atoms with E-state index in [-0.39, 0.29) is 23.8 Å². The van der Waals surface area contributed by atoms with Crippen LogP contribution in [0.2, 0.25) is 0 Å². The smallest absolute Gasteiger partial charge is 0.310 e. The number of esters is 1. The fraction of sp³-hybridized carbons (Fsp3) is 0.846. The van der Waals surface area contributed by atoms with Crippen molar-refractivity contribution >= 4 is 11.9 Å². The monoisotopic (exact) mass is 256 g/mol. The molecule has 0 radical (unpaired) electrons. The highest BCUT2D eigenvalue weighted by molar-refractivity contribution is 5.76. The first-order chi connectivity index (χ1) is 8.43. The number of methoxy groups -OCH3 is 1. The summed E-state index contributed by atoms with van der Waals surface area (Å²) in [6.07, 6.45) is 0.739. The van der Waals surface area contributed by atoms with Gasteiger partial charge < -0.3 is 15.0 Å². The van der Waals surface area contributed by atoms with Crippen LogP contribution in [-0.4, -0.2) is 49.6 Å². The Kier molecular flexibility index (Phi) is 5.59. The lowest BCUT2D eigenvalue weighted by Crippen LogP contribution is -2.53. The third kappa shape index (κ3) is 4.29. The van der Waals surface area contributed by atoms with Gasteiger partial charge in [0.2, 0.25) is 5.91 Å². The molecule has 1 heterocycles. The number of nitrogens with zero attached hydrogens (tertiary/aromatic N) is 1. The molecule has 2 atom stereocenters. The molecule has 0 aromatic rings. The van der Waals surface area contributed by atoms with Gasteiger partial charge in [-0.25, -0.2) is 0 Å². The largest absolute Gasteiger partial charge is 0.469 e. The van der Waals surface area contributed by atoms with Crippen molar-refractivity contribution in [3.8, 4) is 0 Å². The van der Waals surface area contributed by atoms with E-state index in [4.69, 9.17) is 4.74 Å². The van der Waals surface area contributed by atoms with E-state index in [9.17, 15) is 9.59 Å². The molecule has 1 rings (SSSR count). The fourth-order valence-corrected chi connectivity index (χ4v) is 2.24. The first-order valence-electron chi connectivity index (χ1n) is 6.50. The number of likely N-dealkylation sites (tertiary alicyclic amines) is 1. The molecule has 1 saturated heterocycles. The summed E-state index contributed by atoms with van der Waals surface area (Å²) < 4.78 is 4.79. The second-order valence-electron chi connectivity index (χ2n) is 5.38. The van der Waals surface area contributed by atoms with E-state index in [0.717, 1.165) is 13.0 Å². The van der Waals surface area contributed by atoms with Crippen molar-refractivity contribution in [2.24, 2.45) is 11.8 Å². The first-order valence-corrected chi connectivity index (χ1v) is 6.50. The van der Waals surface area contributed by atoms with Crippen LogP contribution >= 0.6 is 0 Å². The van der Waals surface area contributed by atoms with Crippen LogP contribution in [0.3, 0.4) is 0 Å². The molecule has 2 unspecified atom stereocenters. The number of piperidine rings is 1. The highest BCUT2D eigenvalue weighted by atomic mass is 16.5. The summed E-state index contributed by atoms with van der Waals surface area (Å²) in [7, 11) is 1.39. The number of rotatable bonds is 4. The van der Waals surface area contributed by atoms with Gasteiger partial charge >= 0.3 is 5.97 Å². The molecule has 0 aromatic carbocycles. The molecule has 1 N–H and O–H groups in total. The van der Waals surface area contributed by atoms with Crippen LogP contribution in [0.1, 0.15) is 27.2 Å². The second kappa shape index (κ2) is 6.73. The minimum Gasteiger partial charge on any atom is -0.469 e. The average molecular weight is 256 g/mol. The van der Waals surface area contributed by atoms with Crippen LogP contribution in [0.25, 0.3) is 0 Å². The Labute approximate surface area is 109 Å². The van der Waals surface area contributed by atoms with Gasteiger partial charge in [0.15, 0.2) is 0 Å². The molecule has 0 spiro atoms. The third-order valence-electron chi connectivity index (χ3n) is 3.25. The molecule has 0 bridgehead atoms. The Morgan fingerprint density at radius 2 is 2.06 bits per heavy atom. The Bertz CT molecular complexity index is 305. The van der Waals surface area contributed by atoms with Gasteiger partial charge in [-0.3, -0.25) is 9.59 Å². The van der Waals surface area contributed by atoms with E-state index < -0.39 is 0 Å². The maximum absolute atomic E-state index is 11.6. The van der Waals surface area contributed by atoms with Gasteiger partial charge in [0, 0.05) is 26.1 Å². The average Bonchev–Trinajstić information content (AvgIpc) is 2.34. The van der Waals surface area contributed by atoms with Gasteiger partial charge in [-0.05, 0) is 18.9 Å². The van der Waals surface area contributed by atoms with E-state index in [0.29, 0.717) is 19.0 Å². The van der Waals surface area contributed by atoms with Crippen LogP contribution in [0.5, 0.6) is 0 Å². The number of carbonyl (C=O) groups is 2. The summed E-state index contributed by atoms with van der Waals surface area (Å²) >= 11 is 0. The molecule has 1 fully saturated rings. The Hall–Kier alpha value is -1.10. The second-order valence-corrected chi connectivity index (χ2v) is 5.38. The lowest BCUT2D eigenvalue weighted by atomic mass is 9.94. The van der Waals surface area contributed by atoms with Crippen molar-refractivity contribution < 1.29 is 14.3 Å². The molecule has 5 nitrogen and oxygen atoms in total. The molecule has 1 amide bonds. The Balaban J connectivity index is 2.62. The van der Waals surface area contributed by atoms with Crippen molar-refractivity contribution in [2.45, 2.75) is 33.2 Å². The quantitative estimate of drug-likeness (QED) is 0.750. The zero-order chi connectivity index (χ0) is 13.7. The number of hydrogen-bond donors (Lipinski definition) is 1. The summed E-state index contributed by atoms with van der Waals surface area (Å²) in [5.74, 6) is 0.129. The number of nitrogens with one attached hydrogen (secondary N) is 1. The molecular formula is C13H24N2O3. The first kappa shape index (κ1) is 15.0. The third-order valence-corrected chi connectivity index (χ3v) is 3.25. The zero-order valence-corrected chi connectivity index (χ0v) is 11.7. The van der Waals surface area contributed by atoms with Crippen molar-refractivity contribution in [2.75, 3.05) is 26.7 Å². The summed E-state index contributed by atoms with van der Waals surface area (Å²) in [6.45, 7) is 7.85. The molecule has 104 valence electrons. The molecule has 0 saturated carbocycles. The minimum atomic E-state index is -0.225. The van der Waals surface area contributed by atoms with Crippen LogP contribution in [0.4, 0.5) is 0 Å². The van der Waals surface area contributed by atoms with E-state index in [1.54, 1.807) is 11.8 Å². The van der Waals surface area contributed by atoms with Gasteiger partial charge in [0.25, 0.3) is 0 Å². The lowest BCUT2D eigenvalue weighted by molar-refractivity contribution is -0.149. The maximum Gasteiger partial charge on any atom is 0.310 e. The fourth-order valence-electron chi connectivity index (χ4n) is 2.24. The standard InChI is InChI=1S/C13H24N2O3/c1-9(2)6-14-12-5-11(13(17)18-4)7-15(8-12)10(3)16/h9,11-12,14H,5-8H2,1-4H3. The highest BCUT2D eigenvalue weighted by Gasteiger charge is 2.33. The van der Waals surface area contributed by atoms with Crippen LogP contribution in [0, 0.1) is 11.8 Å². The SMILES string of the molecule is COC(=O)C1CC(NCC(C)C)CN(C(C)=O)C1. The van der Waals surface area contributed by atoms with Gasteiger partial charge in [-0.1, -0.05) is 13.8 Å². The van der Waals surface area contributed by atoms with Crippen molar-refractivity contribution in [1.82, 2.24) is 10.2 Å². The zero-order valence-electron chi connectivity index (χ0n) is 11.7. The number of carbonyl (C=O) groups excluding carboxylic acids is 2. The van der Waals surface area contributed by atoms with Crippen molar-refractivity contribution in [1.29, 1.82) is 0 Å². The van der Waals surface area contributed by atoms with Crippen LogP contribution < -0.4 is 5.32 Å². The molecule has 1 aliphatic heterocycles. The molecular weight excluding hydrogens is 232 g/mol. The predicted molar refractivity (Wildman–Crippen MR) is 69.0 cm³/mol. The number of amides is 1. The predicted octanol–water partition coefficient (Wildman–Crippen LogP) is 0.642. The van der Waals surface area contributed by atoms with Gasteiger partial charge in [-0.15, -0.1) is 0 Å². The van der Waals surface area contributed by atoms with E-state index in [1.807, 2.05) is 0 Å². The van der Waals surface area contributed by atoms with E-state index in [2.05, 4.69) is 19.2 Å².